The van der Waals surface area contributed by atoms with Crippen LogP contribution in [0.1, 0.15) is 5.69 Å². The van der Waals surface area contributed by atoms with Crippen molar-refractivity contribution in [3.8, 4) is 0 Å². The highest BCUT2D eigenvalue weighted by molar-refractivity contribution is 6.30. The zero-order valence-corrected chi connectivity index (χ0v) is 11.3. The van der Waals surface area contributed by atoms with Crippen LogP contribution in [-0.4, -0.2) is 22.1 Å². The molecule has 19 heavy (non-hydrogen) atoms. The van der Waals surface area contributed by atoms with Gasteiger partial charge in [0.1, 0.15) is 0 Å². The number of hydrogen-bond acceptors (Lipinski definition) is 2. The zero-order valence-electron chi connectivity index (χ0n) is 10.6. The molecule has 0 aliphatic heterocycles. The number of hydrogen-bond donors (Lipinski definition) is 2. The maximum absolute atomic E-state index is 11.6. The van der Waals surface area contributed by atoms with Crippen LogP contribution in [0.15, 0.2) is 36.8 Å². The topological polar surface area (TPSA) is 59.0 Å². The second-order valence-electron chi connectivity index (χ2n) is 4.17. The highest BCUT2D eigenvalue weighted by atomic mass is 35.5. The van der Waals surface area contributed by atoms with Crippen molar-refractivity contribution in [2.75, 3.05) is 11.9 Å². The lowest BCUT2D eigenvalue weighted by Crippen LogP contribution is -2.30. The van der Waals surface area contributed by atoms with Crippen LogP contribution >= 0.6 is 11.6 Å². The van der Waals surface area contributed by atoms with E-state index in [1.165, 1.54) is 0 Å². The van der Waals surface area contributed by atoms with Crippen LogP contribution in [0, 0.1) is 0 Å². The predicted octanol–water partition coefficient (Wildman–Crippen LogP) is 2.44. The van der Waals surface area contributed by atoms with Crippen molar-refractivity contribution in [3.63, 3.8) is 0 Å². The smallest absolute Gasteiger partial charge is 0.319 e. The van der Waals surface area contributed by atoms with E-state index in [0.717, 1.165) is 5.69 Å². The molecule has 2 rings (SSSR count). The van der Waals surface area contributed by atoms with Gasteiger partial charge in [-0.05, 0) is 24.3 Å². The molecule has 0 unspecified atom stereocenters. The summed E-state index contributed by atoms with van der Waals surface area (Å²) in [5.74, 6) is 0. The second-order valence-corrected chi connectivity index (χ2v) is 4.60. The van der Waals surface area contributed by atoms with E-state index in [4.69, 9.17) is 11.6 Å². The molecule has 1 aromatic heterocycles. The second kappa shape index (κ2) is 6.24. The number of rotatable bonds is 4. The Kier molecular flexibility index (Phi) is 4.41. The number of carbonyl (C=O) groups is 1. The van der Waals surface area contributed by atoms with E-state index in [9.17, 15) is 4.79 Å². The van der Waals surface area contributed by atoms with Crippen molar-refractivity contribution in [1.82, 2.24) is 14.9 Å². The van der Waals surface area contributed by atoms with Gasteiger partial charge in [-0.2, -0.15) is 0 Å². The Morgan fingerprint density at radius 1 is 1.37 bits per heavy atom. The molecule has 0 bridgehead atoms. The number of nitrogens with zero attached hydrogens (tertiary/aromatic N) is 2. The van der Waals surface area contributed by atoms with Crippen molar-refractivity contribution in [1.29, 1.82) is 0 Å². The quantitative estimate of drug-likeness (QED) is 0.902. The van der Waals surface area contributed by atoms with Crippen molar-refractivity contribution in [2.45, 2.75) is 6.42 Å². The largest absolute Gasteiger partial charge is 0.340 e. The molecule has 5 nitrogen and oxygen atoms in total. The van der Waals surface area contributed by atoms with Crippen LogP contribution in [0.4, 0.5) is 10.5 Å². The summed E-state index contributed by atoms with van der Waals surface area (Å²) < 4.78 is 1.88. The van der Waals surface area contributed by atoms with Crippen molar-refractivity contribution < 1.29 is 4.79 Å². The molecule has 2 aromatic rings. The molecule has 2 N–H and O–H groups in total. The minimum Gasteiger partial charge on any atom is -0.340 e. The maximum Gasteiger partial charge on any atom is 0.319 e. The van der Waals surface area contributed by atoms with Gasteiger partial charge in [-0.25, -0.2) is 9.78 Å². The molecule has 0 spiro atoms. The molecule has 100 valence electrons. The standard InChI is InChI=1S/C13H15ClN4O/c1-18-8-12(16-9-18)6-7-15-13(19)17-11-4-2-10(14)3-5-11/h2-5,8-9H,6-7H2,1H3,(H2,15,17,19). The average Bonchev–Trinajstić information content (AvgIpc) is 2.78. The van der Waals surface area contributed by atoms with Gasteiger partial charge in [0.15, 0.2) is 0 Å². The van der Waals surface area contributed by atoms with Gasteiger partial charge in [-0.1, -0.05) is 11.6 Å². The molecule has 0 aliphatic rings. The number of urea groups is 1. The number of amides is 2. The molecule has 6 heteroatoms. The number of anilines is 1. The lowest BCUT2D eigenvalue weighted by atomic mass is 10.3. The summed E-state index contributed by atoms with van der Waals surface area (Å²) in [4.78, 5) is 15.8. The fourth-order valence-electron chi connectivity index (χ4n) is 1.61. The molecule has 0 aliphatic carbocycles. The highest BCUT2D eigenvalue weighted by Gasteiger charge is 2.02. The van der Waals surface area contributed by atoms with E-state index < -0.39 is 0 Å². The Hall–Kier alpha value is -2.01. The first kappa shape index (κ1) is 13.4. The van der Waals surface area contributed by atoms with Crippen LogP contribution in [0.25, 0.3) is 0 Å². The van der Waals surface area contributed by atoms with E-state index in [2.05, 4.69) is 15.6 Å². The molecule has 0 atom stereocenters. The summed E-state index contributed by atoms with van der Waals surface area (Å²) in [6, 6.07) is 6.72. The molecule has 0 radical (unpaired) electrons. The third-order valence-corrected chi connectivity index (χ3v) is 2.78. The van der Waals surface area contributed by atoms with Gasteiger partial charge in [-0.3, -0.25) is 0 Å². The van der Waals surface area contributed by atoms with Crippen LogP contribution in [0.2, 0.25) is 5.02 Å². The first-order valence-corrected chi connectivity index (χ1v) is 6.28. The van der Waals surface area contributed by atoms with Gasteiger partial charge >= 0.3 is 6.03 Å². The van der Waals surface area contributed by atoms with Crippen LogP contribution in [0.3, 0.4) is 0 Å². The van der Waals surface area contributed by atoms with Crippen molar-refractivity contribution in [3.05, 3.63) is 47.5 Å². The van der Waals surface area contributed by atoms with E-state index >= 15 is 0 Å². The Balaban J connectivity index is 1.74. The Morgan fingerprint density at radius 3 is 2.74 bits per heavy atom. The van der Waals surface area contributed by atoms with Crippen LogP contribution in [-0.2, 0) is 13.5 Å². The average molecular weight is 279 g/mol. The number of nitrogens with one attached hydrogen (secondary N) is 2. The van der Waals surface area contributed by atoms with Gasteiger partial charge in [0.25, 0.3) is 0 Å². The number of aryl methyl sites for hydroxylation is 1. The summed E-state index contributed by atoms with van der Waals surface area (Å²) >= 11 is 5.76. The van der Waals surface area contributed by atoms with Gasteiger partial charge in [0, 0.05) is 36.9 Å². The SMILES string of the molecule is Cn1cnc(CCNC(=O)Nc2ccc(Cl)cc2)c1. The van der Waals surface area contributed by atoms with Gasteiger partial charge in [0.2, 0.25) is 0 Å². The number of aromatic nitrogens is 2. The third kappa shape index (κ3) is 4.30. The predicted molar refractivity (Wildman–Crippen MR) is 75.4 cm³/mol. The maximum atomic E-state index is 11.6. The molecule has 1 aromatic carbocycles. The summed E-state index contributed by atoms with van der Waals surface area (Å²) in [5.41, 5.74) is 1.66. The van der Waals surface area contributed by atoms with E-state index in [-0.39, 0.29) is 6.03 Å². The van der Waals surface area contributed by atoms with Gasteiger partial charge in [0.05, 0.1) is 12.0 Å². The molecular formula is C13H15ClN4O. The minimum atomic E-state index is -0.238. The number of halogens is 1. The molecule has 2 amide bonds. The van der Waals surface area contributed by atoms with Crippen LogP contribution < -0.4 is 10.6 Å². The molecule has 0 saturated heterocycles. The molecule has 0 saturated carbocycles. The van der Waals surface area contributed by atoms with E-state index in [0.29, 0.717) is 23.7 Å². The monoisotopic (exact) mass is 278 g/mol. The third-order valence-electron chi connectivity index (χ3n) is 2.53. The minimum absolute atomic E-state index is 0.238. The normalized spacial score (nSPS) is 10.2. The molecule has 0 fully saturated rings. The summed E-state index contributed by atoms with van der Waals surface area (Å²) in [6.45, 7) is 0.538. The first-order chi connectivity index (χ1) is 9.13. The number of benzene rings is 1. The lowest BCUT2D eigenvalue weighted by molar-refractivity contribution is 0.252. The number of carbonyl (C=O) groups excluding carboxylic acids is 1. The van der Waals surface area contributed by atoms with Crippen LogP contribution in [0.5, 0.6) is 0 Å². The fraction of sp³-hybridized carbons (Fsp3) is 0.231. The zero-order chi connectivity index (χ0) is 13.7. The van der Waals surface area contributed by atoms with Gasteiger partial charge in [-0.15, -0.1) is 0 Å². The number of imidazole rings is 1. The van der Waals surface area contributed by atoms with E-state index in [1.807, 2.05) is 17.8 Å². The summed E-state index contributed by atoms with van der Waals surface area (Å²) in [5, 5.41) is 6.14. The highest BCUT2D eigenvalue weighted by Crippen LogP contribution is 2.12. The Morgan fingerprint density at radius 2 is 2.11 bits per heavy atom. The Bertz CT molecular complexity index is 550. The summed E-state index contributed by atoms with van der Waals surface area (Å²) in [6.07, 6.45) is 4.37. The lowest BCUT2D eigenvalue weighted by Gasteiger charge is -2.06. The van der Waals surface area contributed by atoms with E-state index in [1.54, 1.807) is 30.6 Å². The molecule has 1 heterocycles. The fourth-order valence-corrected chi connectivity index (χ4v) is 1.73. The van der Waals surface area contributed by atoms with Gasteiger partial charge < -0.3 is 15.2 Å². The Labute approximate surface area is 116 Å². The van der Waals surface area contributed by atoms with Crippen molar-refractivity contribution in [2.24, 2.45) is 7.05 Å². The summed E-state index contributed by atoms with van der Waals surface area (Å²) in [7, 11) is 1.91. The first-order valence-electron chi connectivity index (χ1n) is 5.91. The molecular weight excluding hydrogens is 264 g/mol. The van der Waals surface area contributed by atoms with Crippen molar-refractivity contribution >= 4 is 23.3 Å².